The first kappa shape index (κ1) is 11.4. The van der Waals surface area contributed by atoms with Crippen molar-refractivity contribution in [3.63, 3.8) is 0 Å². The van der Waals surface area contributed by atoms with Gasteiger partial charge in [-0.3, -0.25) is 0 Å². The lowest BCUT2D eigenvalue weighted by Crippen LogP contribution is -2.14. The molecule has 0 spiro atoms. The van der Waals surface area contributed by atoms with Crippen LogP contribution in [0.3, 0.4) is 0 Å². The number of aromatic nitrogens is 4. The van der Waals surface area contributed by atoms with Crippen LogP contribution in [0.25, 0.3) is 5.82 Å². The molecular formula is C9H8F3N5. The Bertz CT molecular complexity index is 546. The number of hydrogen-bond donors (Lipinski definition) is 1. The highest BCUT2D eigenvalue weighted by molar-refractivity contribution is 5.36. The molecule has 2 heterocycles. The third kappa shape index (κ3) is 2.19. The second-order valence-corrected chi connectivity index (χ2v) is 3.38. The molecule has 0 saturated heterocycles. The number of nitrogens with two attached hydrogens (primary N) is 1. The summed E-state index contributed by atoms with van der Waals surface area (Å²) in [6.45, 7) is 1.64. The van der Waals surface area contributed by atoms with E-state index in [1.165, 1.54) is 12.4 Å². The number of hydrogen-bond acceptors (Lipinski definition) is 4. The molecular weight excluding hydrogens is 235 g/mol. The van der Waals surface area contributed by atoms with Crippen molar-refractivity contribution in [2.24, 2.45) is 0 Å². The Morgan fingerprint density at radius 1 is 1.24 bits per heavy atom. The lowest BCUT2D eigenvalue weighted by atomic mass is 10.4. The average Bonchev–Trinajstić information content (AvgIpc) is 2.60. The zero-order valence-corrected chi connectivity index (χ0v) is 8.73. The largest absolute Gasteiger partial charge is 0.433 e. The van der Waals surface area contributed by atoms with Gasteiger partial charge in [0.25, 0.3) is 0 Å². The van der Waals surface area contributed by atoms with E-state index >= 15 is 0 Å². The molecule has 5 nitrogen and oxygen atoms in total. The van der Waals surface area contributed by atoms with Crippen LogP contribution in [-0.4, -0.2) is 19.7 Å². The van der Waals surface area contributed by atoms with Crippen LogP contribution in [0, 0.1) is 6.92 Å². The van der Waals surface area contributed by atoms with E-state index in [2.05, 4.69) is 15.1 Å². The first-order chi connectivity index (χ1) is 7.88. The molecule has 0 amide bonds. The van der Waals surface area contributed by atoms with Crippen molar-refractivity contribution >= 4 is 5.82 Å². The monoisotopic (exact) mass is 243 g/mol. The number of alkyl halides is 3. The molecule has 0 saturated carbocycles. The Morgan fingerprint density at radius 2 is 1.94 bits per heavy atom. The molecule has 0 bridgehead atoms. The molecule has 0 radical (unpaired) electrons. The van der Waals surface area contributed by atoms with E-state index in [9.17, 15) is 13.2 Å². The zero-order valence-electron chi connectivity index (χ0n) is 8.73. The number of anilines is 1. The first-order valence-corrected chi connectivity index (χ1v) is 4.59. The van der Waals surface area contributed by atoms with Gasteiger partial charge in [-0.2, -0.15) is 13.2 Å². The van der Waals surface area contributed by atoms with E-state index in [1.807, 2.05) is 0 Å². The Balaban J connectivity index is 2.60. The third-order valence-electron chi connectivity index (χ3n) is 2.03. The van der Waals surface area contributed by atoms with Gasteiger partial charge in [-0.05, 0) is 6.92 Å². The van der Waals surface area contributed by atoms with Crippen LogP contribution < -0.4 is 5.73 Å². The lowest BCUT2D eigenvalue weighted by Gasteiger charge is -2.09. The van der Waals surface area contributed by atoms with Crippen LogP contribution in [0.5, 0.6) is 0 Å². The van der Waals surface area contributed by atoms with Crippen LogP contribution >= 0.6 is 0 Å². The molecule has 2 aromatic heterocycles. The molecule has 17 heavy (non-hydrogen) atoms. The second kappa shape index (κ2) is 3.72. The summed E-state index contributed by atoms with van der Waals surface area (Å²) < 4.78 is 38.7. The quantitative estimate of drug-likeness (QED) is 0.825. The fourth-order valence-electron chi connectivity index (χ4n) is 1.33. The topological polar surface area (TPSA) is 69.6 Å². The number of nitrogen functional groups attached to an aromatic ring is 1. The molecule has 0 atom stereocenters. The normalized spacial score (nSPS) is 11.8. The molecule has 0 unspecified atom stereocenters. The summed E-state index contributed by atoms with van der Waals surface area (Å²) in [5.74, 6) is -0.185. The van der Waals surface area contributed by atoms with E-state index in [4.69, 9.17) is 5.73 Å². The van der Waals surface area contributed by atoms with E-state index in [-0.39, 0.29) is 11.6 Å². The summed E-state index contributed by atoms with van der Waals surface area (Å²) in [5.41, 5.74) is 4.85. The van der Waals surface area contributed by atoms with Crippen molar-refractivity contribution in [2.75, 3.05) is 5.73 Å². The van der Waals surface area contributed by atoms with Crippen LogP contribution in [0.1, 0.15) is 11.4 Å². The van der Waals surface area contributed by atoms with E-state index in [0.717, 1.165) is 6.07 Å². The SMILES string of the molecule is Cc1cc(-n2nc(N)cc2C(F)(F)F)ncn1. The molecule has 0 aliphatic carbocycles. The molecule has 0 fully saturated rings. The molecule has 0 aromatic carbocycles. The van der Waals surface area contributed by atoms with Gasteiger partial charge in [0.15, 0.2) is 11.5 Å². The maximum Gasteiger partial charge on any atom is 0.433 e. The first-order valence-electron chi connectivity index (χ1n) is 4.59. The van der Waals surface area contributed by atoms with Crippen molar-refractivity contribution in [3.05, 3.63) is 29.8 Å². The molecule has 8 heteroatoms. The van der Waals surface area contributed by atoms with Crippen molar-refractivity contribution in [1.29, 1.82) is 0 Å². The second-order valence-electron chi connectivity index (χ2n) is 3.38. The number of aryl methyl sites for hydroxylation is 1. The standard InChI is InChI=1S/C9H8F3N5/c1-5-2-8(15-4-14-5)17-6(9(10,11)12)3-7(13)16-17/h2-4H,1H3,(H2,13,16). The van der Waals surface area contributed by atoms with Gasteiger partial charge < -0.3 is 5.73 Å². The fraction of sp³-hybridized carbons (Fsp3) is 0.222. The minimum atomic E-state index is -4.54. The van der Waals surface area contributed by atoms with Gasteiger partial charge in [-0.1, -0.05) is 0 Å². The zero-order chi connectivity index (χ0) is 12.6. The van der Waals surface area contributed by atoms with E-state index in [1.54, 1.807) is 6.92 Å². The highest BCUT2D eigenvalue weighted by Crippen LogP contribution is 2.31. The Morgan fingerprint density at radius 3 is 2.53 bits per heavy atom. The van der Waals surface area contributed by atoms with Crippen molar-refractivity contribution in [2.45, 2.75) is 13.1 Å². The van der Waals surface area contributed by atoms with Gasteiger partial charge >= 0.3 is 6.18 Å². The number of rotatable bonds is 1. The van der Waals surface area contributed by atoms with Crippen LogP contribution in [0.2, 0.25) is 0 Å². The summed E-state index contributed by atoms with van der Waals surface area (Å²) in [7, 11) is 0. The highest BCUT2D eigenvalue weighted by atomic mass is 19.4. The summed E-state index contributed by atoms with van der Waals surface area (Å²) in [6, 6.07) is 2.15. The summed E-state index contributed by atoms with van der Waals surface area (Å²) in [5, 5.41) is 3.57. The number of halogens is 3. The molecule has 2 rings (SSSR count). The molecule has 0 aliphatic heterocycles. The average molecular weight is 243 g/mol. The Hall–Kier alpha value is -2.12. The van der Waals surface area contributed by atoms with Gasteiger partial charge in [-0.25, -0.2) is 14.6 Å². The van der Waals surface area contributed by atoms with Gasteiger partial charge in [0, 0.05) is 17.8 Å². The smallest absolute Gasteiger partial charge is 0.382 e. The van der Waals surface area contributed by atoms with Crippen LogP contribution in [-0.2, 0) is 6.18 Å². The molecule has 2 aromatic rings. The molecule has 0 aliphatic rings. The summed E-state index contributed by atoms with van der Waals surface area (Å²) in [4.78, 5) is 7.53. The summed E-state index contributed by atoms with van der Waals surface area (Å²) >= 11 is 0. The molecule has 90 valence electrons. The maximum absolute atomic E-state index is 12.7. The fourth-order valence-corrected chi connectivity index (χ4v) is 1.33. The van der Waals surface area contributed by atoms with Gasteiger partial charge in [-0.15, -0.1) is 5.10 Å². The van der Waals surface area contributed by atoms with Crippen LogP contribution in [0.15, 0.2) is 18.5 Å². The summed E-state index contributed by atoms with van der Waals surface area (Å²) in [6.07, 6.45) is -3.37. The highest BCUT2D eigenvalue weighted by Gasteiger charge is 2.36. The van der Waals surface area contributed by atoms with E-state index in [0.29, 0.717) is 10.4 Å². The minimum absolute atomic E-state index is 0.0292. The van der Waals surface area contributed by atoms with Gasteiger partial charge in [0.1, 0.15) is 12.1 Å². The van der Waals surface area contributed by atoms with Crippen molar-refractivity contribution < 1.29 is 13.2 Å². The van der Waals surface area contributed by atoms with Gasteiger partial charge in [0.05, 0.1) is 0 Å². The van der Waals surface area contributed by atoms with E-state index < -0.39 is 11.9 Å². The van der Waals surface area contributed by atoms with Crippen LogP contribution in [0.4, 0.5) is 19.0 Å². The van der Waals surface area contributed by atoms with Crippen molar-refractivity contribution in [3.8, 4) is 5.82 Å². The lowest BCUT2D eigenvalue weighted by molar-refractivity contribution is -0.142. The Kier molecular flexibility index (Phi) is 2.49. The maximum atomic E-state index is 12.7. The predicted octanol–water partition coefficient (Wildman–Crippen LogP) is 1.57. The third-order valence-corrected chi connectivity index (χ3v) is 2.03. The van der Waals surface area contributed by atoms with Crippen molar-refractivity contribution in [1.82, 2.24) is 19.7 Å². The Labute approximate surface area is 94.1 Å². The minimum Gasteiger partial charge on any atom is -0.382 e. The molecule has 2 N–H and O–H groups in total. The number of nitrogens with zero attached hydrogens (tertiary/aromatic N) is 4. The predicted molar refractivity (Wildman–Crippen MR) is 53.3 cm³/mol. The van der Waals surface area contributed by atoms with Gasteiger partial charge in [0.2, 0.25) is 0 Å².